The van der Waals surface area contributed by atoms with Gasteiger partial charge in [0.15, 0.2) is 18.1 Å². The van der Waals surface area contributed by atoms with Crippen molar-refractivity contribution in [3.63, 3.8) is 0 Å². The lowest BCUT2D eigenvalue weighted by Crippen LogP contribution is -2.50. The van der Waals surface area contributed by atoms with Crippen molar-refractivity contribution in [1.29, 1.82) is 0 Å². The van der Waals surface area contributed by atoms with Gasteiger partial charge in [-0.1, -0.05) is 75.5 Å². The highest BCUT2D eigenvalue weighted by atomic mass is 79.9. The normalized spacial score (nSPS) is 16.1. The van der Waals surface area contributed by atoms with Crippen LogP contribution >= 0.6 is 39.1 Å². The molecule has 0 saturated heterocycles. The van der Waals surface area contributed by atoms with Gasteiger partial charge in [-0.3, -0.25) is 10.3 Å². The molecule has 1 atom stereocenters. The lowest BCUT2D eigenvalue weighted by molar-refractivity contribution is 0.432. The predicted molar refractivity (Wildman–Crippen MR) is 156 cm³/mol. The van der Waals surface area contributed by atoms with Crippen LogP contribution in [0.4, 0.5) is 0 Å². The van der Waals surface area contributed by atoms with E-state index in [0.717, 1.165) is 10.9 Å². The number of nitrogens with one attached hydrogen (secondary N) is 2. The molecule has 0 fully saturated rings. The Morgan fingerprint density at radius 2 is 1.89 bits per heavy atom. The third-order valence-electron chi connectivity index (χ3n) is 5.79. The van der Waals surface area contributed by atoms with Crippen molar-refractivity contribution in [3.8, 4) is 17.3 Å². The number of hydrogen-bond acceptors (Lipinski definition) is 5. The van der Waals surface area contributed by atoms with Crippen molar-refractivity contribution < 1.29 is 4.74 Å². The SMILES string of the molecule is Cc1nn(-c2ccc(Cl)cc2Cl)c(Oc2cccc(Br)c2)c1C1N=C(N)NC(=NCCc2ccccc2)N1. The maximum absolute atomic E-state index is 6.57. The minimum atomic E-state index is -0.603. The molecule has 0 spiro atoms. The molecule has 1 aliphatic heterocycles. The lowest BCUT2D eigenvalue weighted by atomic mass is 10.1. The summed E-state index contributed by atoms with van der Waals surface area (Å²) in [6.07, 6.45) is 0.187. The van der Waals surface area contributed by atoms with E-state index >= 15 is 0 Å². The second-order valence-corrected chi connectivity index (χ2v) is 10.3. The van der Waals surface area contributed by atoms with Crippen molar-refractivity contribution >= 4 is 51.1 Å². The molecule has 1 aliphatic rings. The number of guanidine groups is 2. The van der Waals surface area contributed by atoms with E-state index in [1.807, 2.05) is 49.4 Å². The van der Waals surface area contributed by atoms with E-state index in [0.29, 0.717) is 51.1 Å². The molecule has 0 aliphatic carbocycles. The molecular weight excluding hydrogens is 589 g/mol. The number of rotatable bonds is 7. The Balaban J connectivity index is 1.52. The summed E-state index contributed by atoms with van der Waals surface area (Å²) in [6, 6.07) is 22.9. The molecule has 0 bridgehead atoms. The number of halogens is 3. The van der Waals surface area contributed by atoms with Crippen LogP contribution in [-0.4, -0.2) is 28.2 Å². The van der Waals surface area contributed by atoms with Crippen molar-refractivity contribution in [2.45, 2.75) is 19.5 Å². The molecule has 5 rings (SSSR count). The summed E-state index contributed by atoms with van der Waals surface area (Å²) >= 11 is 16.2. The van der Waals surface area contributed by atoms with Gasteiger partial charge in [0.1, 0.15) is 5.75 Å². The van der Waals surface area contributed by atoms with Gasteiger partial charge in [0.2, 0.25) is 5.88 Å². The van der Waals surface area contributed by atoms with Gasteiger partial charge in [-0.05, 0) is 55.3 Å². The fourth-order valence-corrected chi connectivity index (χ4v) is 4.91. The minimum Gasteiger partial charge on any atom is -0.438 e. The van der Waals surface area contributed by atoms with Gasteiger partial charge in [-0.25, -0.2) is 4.99 Å². The number of benzene rings is 3. The highest BCUT2D eigenvalue weighted by molar-refractivity contribution is 9.10. The Morgan fingerprint density at radius 1 is 1.08 bits per heavy atom. The zero-order chi connectivity index (χ0) is 26.6. The summed E-state index contributed by atoms with van der Waals surface area (Å²) in [7, 11) is 0. The summed E-state index contributed by atoms with van der Waals surface area (Å²) in [4.78, 5) is 9.26. The van der Waals surface area contributed by atoms with Gasteiger partial charge in [0, 0.05) is 16.0 Å². The molecule has 0 radical (unpaired) electrons. The molecule has 0 amide bonds. The van der Waals surface area contributed by atoms with Gasteiger partial charge in [0.05, 0.1) is 22.0 Å². The summed E-state index contributed by atoms with van der Waals surface area (Å²) < 4.78 is 8.93. The van der Waals surface area contributed by atoms with Crippen LogP contribution in [-0.2, 0) is 6.42 Å². The first kappa shape index (κ1) is 26.1. The molecule has 3 aromatic carbocycles. The highest BCUT2D eigenvalue weighted by Crippen LogP contribution is 2.38. The Morgan fingerprint density at radius 3 is 2.66 bits per heavy atom. The van der Waals surface area contributed by atoms with Crippen molar-refractivity contribution in [1.82, 2.24) is 20.4 Å². The standard InChI is InChI=1S/C27H24BrCl2N7O/c1-16-23(24-33-26(31)35-27(34-24)32-13-12-17-6-3-2-4-7-17)25(38-20-9-5-8-18(28)14-20)37(36-16)22-11-10-19(29)15-21(22)30/h2-11,14-15,24H,12-13H2,1H3,(H4,31,32,33,34,35). The number of aliphatic imine (C=N–C) groups is 2. The predicted octanol–water partition coefficient (Wildman–Crippen LogP) is 6.15. The molecule has 4 aromatic rings. The first-order valence-corrected chi connectivity index (χ1v) is 13.4. The summed E-state index contributed by atoms with van der Waals surface area (Å²) in [5.74, 6) is 1.79. The van der Waals surface area contributed by atoms with Gasteiger partial charge in [0.25, 0.3) is 0 Å². The smallest absolute Gasteiger partial charge is 0.230 e. The molecule has 38 heavy (non-hydrogen) atoms. The molecule has 11 heteroatoms. The second kappa shape index (κ2) is 11.5. The van der Waals surface area contributed by atoms with Crippen LogP contribution in [0.2, 0.25) is 10.0 Å². The van der Waals surface area contributed by atoms with Gasteiger partial charge < -0.3 is 15.8 Å². The van der Waals surface area contributed by atoms with E-state index in [4.69, 9.17) is 38.8 Å². The average Bonchev–Trinajstić information content (AvgIpc) is 3.19. The molecule has 4 N–H and O–H groups in total. The van der Waals surface area contributed by atoms with Crippen LogP contribution < -0.4 is 21.1 Å². The molecule has 2 heterocycles. The van der Waals surface area contributed by atoms with Crippen molar-refractivity contribution in [2.24, 2.45) is 15.7 Å². The first-order chi connectivity index (χ1) is 18.4. The fraction of sp³-hybridized carbons (Fsp3) is 0.148. The molecule has 1 aromatic heterocycles. The zero-order valence-corrected chi connectivity index (χ0v) is 23.4. The average molecular weight is 613 g/mol. The molecule has 194 valence electrons. The topological polar surface area (TPSA) is 102 Å². The van der Waals surface area contributed by atoms with E-state index in [-0.39, 0.29) is 5.96 Å². The van der Waals surface area contributed by atoms with Crippen LogP contribution in [0.25, 0.3) is 5.69 Å². The van der Waals surface area contributed by atoms with E-state index in [9.17, 15) is 0 Å². The first-order valence-electron chi connectivity index (χ1n) is 11.8. The van der Waals surface area contributed by atoms with E-state index < -0.39 is 6.17 Å². The minimum absolute atomic E-state index is 0.234. The van der Waals surface area contributed by atoms with Gasteiger partial charge >= 0.3 is 0 Å². The fourth-order valence-electron chi connectivity index (χ4n) is 4.04. The Labute approximate surface area is 238 Å². The molecular formula is C27H24BrCl2N7O. The summed E-state index contributed by atoms with van der Waals surface area (Å²) in [6.45, 7) is 2.45. The maximum Gasteiger partial charge on any atom is 0.230 e. The molecule has 1 unspecified atom stereocenters. The third kappa shape index (κ3) is 5.96. The number of aromatic nitrogens is 2. The van der Waals surface area contributed by atoms with Crippen molar-refractivity contribution in [2.75, 3.05) is 6.54 Å². The van der Waals surface area contributed by atoms with E-state index in [1.165, 1.54) is 5.56 Å². The number of aryl methyl sites for hydroxylation is 1. The van der Waals surface area contributed by atoms with Crippen LogP contribution in [0.15, 0.2) is 87.3 Å². The maximum atomic E-state index is 6.57. The lowest BCUT2D eigenvalue weighted by Gasteiger charge is -2.24. The molecule has 0 saturated carbocycles. The number of nitrogens with two attached hydrogens (primary N) is 1. The van der Waals surface area contributed by atoms with Crippen LogP contribution in [0, 0.1) is 6.92 Å². The number of hydrogen-bond donors (Lipinski definition) is 3. The zero-order valence-electron chi connectivity index (χ0n) is 20.3. The van der Waals surface area contributed by atoms with Gasteiger partial charge in [-0.15, -0.1) is 0 Å². The van der Waals surface area contributed by atoms with E-state index in [2.05, 4.69) is 48.7 Å². The summed E-state index contributed by atoms with van der Waals surface area (Å²) in [5.41, 5.74) is 9.36. The second-order valence-electron chi connectivity index (χ2n) is 8.52. The van der Waals surface area contributed by atoms with Crippen molar-refractivity contribution in [3.05, 3.63) is 104 Å². The number of ether oxygens (including phenoxy) is 1. The summed E-state index contributed by atoms with van der Waals surface area (Å²) in [5, 5.41) is 12.0. The Bertz CT molecular complexity index is 1520. The Kier molecular flexibility index (Phi) is 7.87. The highest BCUT2D eigenvalue weighted by Gasteiger charge is 2.30. The van der Waals surface area contributed by atoms with Crippen LogP contribution in [0.1, 0.15) is 23.0 Å². The third-order valence-corrected chi connectivity index (χ3v) is 6.82. The molecule has 8 nitrogen and oxygen atoms in total. The van der Waals surface area contributed by atoms with E-state index in [1.54, 1.807) is 22.9 Å². The number of nitrogens with zero attached hydrogens (tertiary/aromatic N) is 4. The van der Waals surface area contributed by atoms with Crippen LogP contribution in [0.5, 0.6) is 11.6 Å². The quantitative estimate of drug-likeness (QED) is 0.232. The van der Waals surface area contributed by atoms with Gasteiger partial charge in [-0.2, -0.15) is 9.78 Å². The Hall–Kier alpha value is -3.53. The largest absolute Gasteiger partial charge is 0.438 e. The monoisotopic (exact) mass is 611 g/mol. The van der Waals surface area contributed by atoms with Crippen LogP contribution in [0.3, 0.4) is 0 Å².